The maximum absolute atomic E-state index is 5.74. The summed E-state index contributed by atoms with van der Waals surface area (Å²) in [5.74, 6) is -0.719. The second-order valence-corrected chi connectivity index (χ2v) is 4.11. The molecule has 0 aliphatic carbocycles. The lowest BCUT2D eigenvalue weighted by Gasteiger charge is -2.24. The second kappa shape index (κ2) is 8.01. The van der Waals surface area contributed by atoms with E-state index < -0.39 is 5.79 Å². The third-order valence-electron chi connectivity index (χ3n) is 2.49. The van der Waals surface area contributed by atoms with Gasteiger partial charge in [0.05, 0.1) is 0 Å². The van der Waals surface area contributed by atoms with Crippen LogP contribution in [-0.4, -0.2) is 31.5 Å². The van der Waals surface area contributed by atoms with Gasteiger partial charge in [-0.05, 0) is 45.8 Å². The Bertz CT molecular complexity index is 149. The van der Waals surface area contributed by atoms with Gasteiger partial charge < -0.3 is 22.5 Å². The second-order valence-electron chi connectivity index (χ2n) is 4.11. The molecule has 0 aromatic heterocycles. The zero-order valence-electron chi connectivity index (χ0n) is 10.1. The fourth-order valence-electron chi connectivity index (χ4n) is 1.24. The van der Waals surface area contributed by atoms with Crippen molar-refractivity contribution in [3.05, 3.63) is 0 Å². The van der Waals surface area contributed by atoms with Crippen molar-refractivity contribution in [3.8, 4) is 0 Å². The molecule has 0 aromatic rings. The van der Waals surface area contributed by atoms with E-state index in [0.717, 1.165) is 38.9 Å². The van der Waals surface area contributed by atoms with Gasteiger partial charge in [0, 0.05) is 6.04 Å². The molecule has 0 aliphatic rings. The van der Waals surface area contributed by atoms with Crippen LogP contribution in [0.25, 0.3) is 0 Å². The van der Waals surface area contributed by atoms with Crippen molar-refractivity contribution in [2.75, 3.05) is 19.6 Å². The molecule has 0 saturated heterocycles. The summed E-state index contributed by atoms with van der Waals surface area (Å²) in [5.41, 5.74) is 16.9. The van der Waals surface area contributed by atoms with Crippen LogP contribution in [0.3, 0.4) is 0 Å². The Morgan fingerprint density at radius 2 is 1.93 bits per heavy atom. The Morgan fingerprint density at radius 3 is 2.47 bits per heavy atom. The van der Waals surface area contributed by atoms with E-state index in [9.17, 15) is 0 Å². The predicted molar refractivity (Wildman–Crippen MR) is 65.2 cm³/mol. The fraction of sp³-hybridized carbons (Fsp3) is 1.00. The molecule has 5 nitrogen and oxygen atoms in total. The van der Waals surface area contributed by atoms with Crippen molar-refractivity contribution in [3.63, 3.8) is 0 Å². The molecule has 15 heavy (non-hydrogen) atoms. The Kier molecular flexibility index (Phi) is 7.90. The van der Waals surface area contributed by atoms with E-state index in [4.69, 9.17) is 17.2 Å². The van der Waals surface area contributed by atoms with Gasteiger partial charge in [-0.3, -0.25) is 5.32 Å². The average Bonchev–Trinajstić information content (AvgIpc) is 2.17. The normalized spacial score (nSPS) is 14.2. The third kappa shape index (κ3) is 8.77. The van der Waals surface area contributed by atoms with Crippen LogP contribution in [0.1, 0.15) is 33.1 Å². The maximum atomic E-state index is 5.74. The van der Waals surface area contributed by atoms with Crippen LogP contribution in [0.2, 0.25) is 0 Å². The van der Waals surface area contributed by atoms with Crippen LogP contribution in [0.15, 0.2) is 0 Å². The summed E-state index contributed by atoms with van der Waals surface area (Å²) in [6.07, 6.45) is 2.76. The number of nitrogens with two attached hydrogens (primary N) is 3. The molecule has 92 valence electrons. The molecule has 0 saturated carbocycles. The smallest absolute Gasteiger partial charge is 0.118 e. The third-order valence-corrected chi connectivity index (χ3v) is 2.49. The average molecular weight is 217 g/mol. The van der Waals surface area contributed by atoms with Crippen molar-refractivity contribution in [1.29, 1.82) is 0 Å². The SMILES string of the molecule is CCC(N)(N)NCCCNC(C)CCN. The van der Waals surface area contributed by atoms with E-state index in [-0.39, 0.29) is 0 Å². The lowest BCUT2D eigenvalue weighted by atomic mass is 10.2. The van der Waals surface area contributed by atoms with E-state index in [1.54, 1.807) is 0 Å². The van der Waals surface area contributed by atoms with E-state index in [2.05, 4.69) is 17.6 Å². The van der Waals surface area contributed by atoms with Crippen LogP contribution in [0.4, 0.5) is 0 Å². The van der Waals surface area contributed by atoms with Gasteiger partial charge in [0.25, 0.3) is 0 Å². The molecule has 1 unspecified atom stereocenters. The van der Waals surface area contributed by atoms with Crippen molar-refractivity contribution in [1.82, 2.24) is 10.6 Å². The predicted octanol–water partition coefficient (Wildman–Crippen LogP) is -0.726. The number of rotatable bonds is 9. The van der Waals surface area contributed by atoms with Gasteiger partial charge in [-0.2, -0.15) is 0 Å². The highest BCUT2D eigenvalue weighted by atomic mass is 15.2. The summed E-state index contributed by atoms with van der Waals surface area (Å²) < 4.78 is 0. The molecular weight excluding hydrogens is 190 g/mol. The van der Waals surface area contributed by atoms with E-state index in [1.807, 2.05) is 6.92 Å². The van der Waals surface area contributed by atoms with Gasteiger partial charge in [-0.25, -0.2) is 0 Å². The van der Waals surface area contributed by atoms with Gasteiger partial charge >= 0.3 is 0 Å². The molecular formula is C10H27N5. The summed E-state index contributed by atoms with van der Waals surface area (Å²) in [5, 5.41) is 6.49. The van der Waals surface area contributed by atoms with Crippen LogP contribution >= 0.6 is 0 Å². The topological polar surface area (TPSA) is 102 Å². The summed E-state index contributed by atoms with van der Waals surface area (Å²) in [6.45, 7) is 6.64. The zero-order valence-corrected chi connectivity index (χ0v) is 10.1. The molecule has 0 radical (unpaired) electrons. The van der Waals surface area contributed by atoms with E-state index in [0.29, 0.717) is 6.04 Å². The first-order chi connectivity index (χ1) is 7.02. The molecule has 5 heteroatoms. The Labute approximate surface area is 93.1 Å². The Hall–Kier alpha value is -0.200. The summed E-state index contributed by atoms with van der Waals surface area (Å²) in [7, 11) is 0. The fourth-order valence-corrected chi connectivity index (χ4v) is 1.24. The lowest BCUT2D eigenvalue weighted by Crippen LogP contribution is -2.61. The molecule has 8 N–H and O–H groups in total. The number of hydrogen-bond acceptors (Lipinski definition) is 5. The monoisotopic (exact) mass is 217 g/mol. The summed E-state index contributed by atoms with van der Waals surface area (Å²) >= 11 is 0. The highest BCUT2D eigenvalue weighted by molar-refractivity contribution is 4.71. The molecule has 0 amide bonds. The minimum atomic E-state index is -0.719. The zero-order chi connectivity index (χ0) is 11.7. The molecule has 0 spiro atoms. The van der Waals surface area contributed by atoms with Crippen LogP contribution in [0.5, 0.6) is 0 Å². The van der Waals surface area contributed by atoms with Gasteiger partial charge in [0.1, 0.15) is 5.79 Å². The lowest BCUT2D eigenvalue weighted by molar-refractivity contribution is 0.331. The largest absolute Gasteiger partial charge is 0.330 e. The number of hydrogen-bond donors (Lipinski definition) is 5. The van der Waals surface area contributed by atoms with Gasteiger partial charge in [0.2, 0.25) is 0 Å². The summed E-state index contributed by atoms with van der Waals surface area (Å²) in [6, 6.07) is 0.488. The highest BCUT2D eigenvalue weighted by Gasteiger charge is 2.13. The molecule has 0 bridgehead atoms. The molecule has 0 aromatic carbocycles. The van der Waals surface area contributed by atoms with Gasteiger partial charge in [-0.15, -0.1) is 0 Å². The Balaban J connectivity index is 3.32. The standard InChI is InChI=1S/C10H27N5/c1-3-10(12,13)15-8-4-7-14-9(2)5-6-11/h9,14-15H,3-8,11-13H2,1-2H3. The first kappa shape index (κ1) is 14.8. The van der Waals surface area contributed by atoms with Crippen LogP contribution in [0, 0.1) is 0 Å². The maximum Gasteiger partial charge on any atom is 0.118 e. The first-order valence-corrected chi connectivity index (χ1v) is 5.78. The minimum Gasteiger partial charge on any atom is -0.330 e. The van der Waals surface area contributed by atoms with Crippen molar-refractivity contribution in [2.45, 2.75) is 44.9 Å². The highest BCUT2D eigenvalue weighted by Crippen LogP contribution is 1.92. The van der Waals surface area contributed by atoms with Gasteiger partial charge in [-0.1, -0.05) is 6.92 Å². The molecule has 0 fully saturated rings. The Morgan fingerprint density at radius 1 is 1.27 bits per heavy atom. The van der Waals surface area contributed by atoms with E-state index in [1.165, 1.54) is 0 Å². The van der Waals surface area contributed by atoms with Crippen molar-refractivity contribution >= 4 is 0 Å². The quantitative estimate of drug-likeness (QED) is 0.259. The van der Waals surface area contributed by atoms with Crippen LogP contribution in [-0.2, 0) is 0 Å². The molecule has 1 atom stereocenters. The van der Waals surface area contributed by atoms with Crippen LogP contribution < -0.4 is 27.8 Å². The number of nitrogens with one attached hydrogen (secondary N) is 2. The van der Waals surface area contributed by atoms with Gasteiger partial charge in [0.15, 0.2) is 0 Å². The van der Waals surface area contributed by atoms with Crippen molar-refractivity contribution in [2.24, 2.45) is 17.2 Å². The van der Waals surface area contributed by atoms with Crippen molar-refractivity contribution < 1.29 is 0 Å². The summed E-state index contributed by atoms with van der Waals surface area (Å²) in [4.78, 5) is 0. The molecule has 0 heterocycles. The molecule has 0 aliphatic heterocycles. The minimum absolute atomic E-state index is 0.488. The van der Waals surface area contributed by atoms with E-state index >= 15 is 0 Å². The first-order valence-electron chi connectivity index (χ1n) is 5.78. The molecule has 0 rings (SSSR count).